The average molecular weight is 432 g/mol. The Balaban J connectivity index is 1.44. The van der Waals surface area contributed by atoms with Crippen molar-refractivity contribution in [3.8, 4) is 0 Å². The lowest BCUT2D eigenvalue weighted by atomic mass is 9.79. The Labute approximate surface area is 180 Å². The Morgan fingerprint density at radius 2 is 2.14 bits per heavy atom. The summed E-state index contributed by atoms with van der Waals surface area (Å²) in [7, 11) is 0. The van der Waals surface area contributed by atoms with E-state index in [4.69, 9.17) is 17.4 Å². The third-order valence-corrected chi connectivity index (χ3v) is 7.61. The summed E-state index contributed by atoms with van der Waals surface area (Å²) < 4.78 is 0. The number of ketones is 1. The zero-order valence-electron chi connectivity index (χ0n) is 16.1. The summed E-state index contributed by atoms with van der Waals surface area (Å²) in [5.41, 5.74) is 2.71. The number of amides is 1. The highest BCUT2D eigenvalue weighted by atomic mass is 32.2. The van der Waals surface area contributed by atoms with Crippen LogP contribution in [0.2, 0.25) is 0 Å². The highest BCUT2D eigenvalue weighted by molar-refractivity contribution is 7.99. The van der Waals surface area contributed by atoms with Crippen molar-refractivity contribution < 1.29 is 14.8 Å². The molecule has 3 aliphatic rings. The monoisotopic (exact) mass is 431 g/mol. The second-order valence-corrected chi connectivity index (χ2v) is 9.51. The van der Waals surface area contributed by atoms with Crippen LogP contribution in [0.4, 0.5) is 0 Å². The zero-order chi connectivity index (χ0) is 20.4. The average Bonchev–Trinajstić information content (AvgIpc) is 3.34. The molecule has 1 unspecified atom stereocenters. The van der Waals surface area contributed by atoms with E-state index >= 15 is 0 Å². The first kappa shape index (κ1) is 20.5. The fourth-order valence-corrected chi connectivity index (χ4v) is 6.12. The Kier molecular flexibility index (Phi) is 6.32. The molecule has 8 heteroatoms. The second kappa shape index (κ2) is 8.93. The third-order valence-electron chi connectivity index (χ3n) is 6.17. The number of benzene rings is 1. The van der Waals surface area contributed by atoms with Crippen LogP contribution in [0.15, 0.2) is 29.4 Å². The standard InChI is InChI=1S/C21H25N3O3S2/c25-17(8-13-5-6-14-3-1-2-4-15(14)7-13)19-18(28)10-22-20(19)21(26)24-12-29-11-16(24)9-23-27/h1-4,9,13,16,19-20,22,27H,5-8,10-12H2/t13-,16+,19?,20-/m0/s1. The maximum Gasteiger partial charge on any atom is 0.242 e. The number of hydrogen-bond acceptors (Lipinski definition) is 7. The fraction of sp³-hybridized carbons (Fsp3) is 0.524. The van der Waals surface area contributed by atoms with E-state index in [0.717, 1.165) is 19.3 Å². The van der Waals surface area contributed by atoms with Crippen molar-refractivity contribution in [1.82, 2.24) is 10.2 Å². The fourth-order valence-electron chi connectivity index (χ4n) is 4.64. The normalized spacial score (nSPS) is 29.4. The van der Waals surface area contributed by atoms with Crippen LogP contribution in [0.1, 0.15) is 24.0 Å². The van der Waals surface area contributed by atoms with Crippen molar-refractivity contribution in [2.75, 3.05) is 18.2 Å². The number of rotatable bonds is 5. The number of thiocarbonyl (C=S) groups is 1. The molecule has 1 aromatic rings. The largest absolute Gasteiger partial charge is 0.411 e. The lowest BCUT2D eigenvalue weighted by molar-refractivity contribution is -0.136. The van der Waals surface area contributed by atoms with Crippen LogP contribution in [0.25, 0.3) is 0 Å². The summed E-state index contributed by atoms with van der Waals surface area (Å²) >= 11 is 7.08. The number of thioether (sulfide) groups is 1. The molecule has 2 N–H and O–H groups in total. The Hall–Kier alpha value is -1.77. The predicted octanol–water partition coefficient (Wildman–Crippen LogP) is 2.07. The molecular weight excluding hydrogens is 406 g/mol. The molecule has 0 bridgehead atoms. The van der Waals surface area contributed by atoms with Crippen molar-refractivity contribution >= 4 is 46.7 Å². The number of nitrogens with one attached hydrogen (secondary N) is 1. The number of oxime groups is 1. The molecule has 4 atom stereocenters. The first-order chi connectivity index (χ1) is 14.1. The molecule has 154 valence electrons. The number of hydrogen-bond donors (Lipinski definition) is 2. The lowest BCUT2D eigenvalue weighted by Crippen LogP contribution is -2.50. The molecule has 0 radical (unpaired) electrons. The number of fused-ring (bicyclic) bond motifs is 1. The van der Waals surface area contributed by atoms with E-state index in [1.807, 2.05) is 6.07 Å². The molecule has 0 saturated carbocycles. The van der Waals surface area contributed by atoms with E-state index in [2.05, 4.69) is 28.7 Å². The smallest absolute Gasteiger partial charge is 0.242 e. The molecule has 1 aliphatic carbocycles. The van der Waals surface area contributed by atoms with Gasteiger partial charge in [-0.2, -0.15) is 0 Å². The van der Waals surface area contributed by atoms with Gasteiger partial charge in [-0.05, 0) is 36.3 Å². The van der Waals surface area contributed by atoms with E-state index < -0.39 is 12.0 Å². The Morgan fingerprint density at radius 1 is 1.34 bits per heavy atom. The van der Waals surface area contributed by atoms with Crippen molar-refractivity contribution in [2.45, 2.75) is 37.8 Å². The van der Waals surface area contributed by atoms with Gasteiger partial charge in [0, 0.05) is 23.6 Å². The zero-order valence-corrected chi connectivity index (χ0v) is 17.8. The highest BCUT2D eigenvalue weighted by Gasteiger charge is 2.45. The number of carbonyl (C=O) groups excluding carboxylic acids is 2. The molecular formula is C21H25N3O3S2. The van der Waals surface area contributed by atoms with Gasteiger partial charge in [-0.25, -0.2) is 0 Å². The van der Waals surface area contributed by atoms with Crippen molar-refractivity contribution in [3.05, 3.63) is 35.4 Å². The molecule has 4 rings (SSSR count). The second-order valence-electron chi connectivity index (χ2n) is 7.99. The maximum atomic E-state index is 13.2. The molecule has 1 aromatic carbocycles. The minimum Gasteiger partial charge on any atom is -0.411 e. The lowest BCUT2D eigenvalue weighted by Gasteiger charge is -2.28. The molecule has 6 nitrogen and oxygen atoms in total. The van der Waals surface area contributed by atoms with Crippen molar-refractivity contribution in [3.63, 3.8) is 0 Å². The van der Waals surface area contributed by atoms with Crippen LogP contribution < -0.4 is 5.32 Å². The summed E-state index contributed by atoms with van der Waals surface area (Å²) in [6.45, 7) is 0.412. The van der Waals surface area contributed by atoms with Crippen molar-refractivity contribution in [2.24, 2.45) is 17.0 Å². The minimum atomic E-state index is -0.612. The van der Waals surface area contributed by atoms with Crippen LogP contribution in [-0.2, 0) is 22.4 Å². The molecule has 1 amide bonds. The molecule has 2 aliphatic heterocycles. The van der Waals surface area contributed by atoms with Gasteiger partial charge in [-0.15, -0.1) is 11.8 Å². The van der Waals surface area contributed by atoms with Crippen LogP contribution in [0.5, 0.6) is 0 Å². The molecule has 0 aromatic heterocycles. The summed E-state index contributed by atoms with van der Waals surface area (Å²) in [6, 6.07) is 7.56. The van der Waals surface area contributed by atoms with Gasteiger partial charge in [0.1, 0.15) is 11.8 Å². The Morgan fingerprint density at radius 3 is 2.93 bits per heavy atom. The molecule has 2 fully saturated rings. The first-order valence-corrected chi connectivity index (χ1v) is 11.6. The molecule has 0 spiro atoms. The van der Waals surface area contributed by atoms with Gasteiger partial charge in [0.15, 0.2) is 0 Å². The van der Waals surface area contributed by atoms with Crippen LogP contribution in [0, 0.1) is 11.8 Å². The van der Waals surface area contributed by atoms with Crippen LogP contribution in [0.3, 0.4) is 0 Å². The van der Waals surface area contributed by atoms with E-state index in [1.54, 1.807) is 16.7 Å². The third kappa shape index (κ3) is 4.25. The Bertz CT molecular complexity index is 844. The minimum absolute atomic E-state index is 0.0713. The van der Waals surface area contributed by atoms with E-state index in [9.17, 15) is 9.59 Å². The van der Waals surface area contributed by atoms with Gasteiger partial charge in [0.25, 0.3) is 0 Å². The number of nitrogens with zero attached hydrogens (tertiary/aromatic N) is 2. The number of carbonyl (C=O) groups is 2. The van der Waals surface area contributed by atoms with Gasteiger partial charge in [-0.1, -0.05) is 41.6 Å². The maximum absolute atomic E-state index is 13.2. The topological polar surface area (TPSA) is 82.0 Å². The summed E-state index contributed by atoms with van der Waals surface area (Å²) in [4.78, 5) is 28.6. The van der Waals surface area contributed by atoms with Gasteiger partial charge in [0.05, 0.1) is 24.1 Å². The predicted molar refractivity (Wildman–Crippen MR) is 118 cm³/mol. The number of Topliss-reactive ketones (excluding diaryl/α,β-unsaturated/α-hetero) is 1. The summed E-state index contributed by atoms with van der Waals surface area (Å²) in [6.07, 6.45) is 4.73. The molecule has 2 heterocycles. The van der Waals surface area contributed by atoms with E-state index in [1.165, 1.54) is 17.3 Å². The molecule has 29 heavy (non-hydrogen) atoms. The van der Waals surface area contributed by atoms with Crippen LogP contribution >= 0.6 is 24.0 Å². The summed E-state index contributed by atoms with van der Waals surface area (Å²) in [5, 5.41) is 15.1. The number of aryl methyl sites for hydroxylation is 1. The van der Waals surface area contributed by atoms with Gasteiger partial charge >= 0.3 is 0 Å². The highest BCUT2D eigenvalue weighted by Crippen LogP contribution is 2.31. The van der Waals surface area contributed by atoms with Crippen molar-refractivity contribution in [1.29, 1.82) is 0 Å². The van der Waals surface area contributed by atoms with Gasteiger partial charge in [0.2, 0.25) is 5.91 Å². The van der Waals surface area contributed by atoms with Gasteiger partial charge < -0.3 is 15.4 Å². The van der Waals surface area contributed by atoms with Gasteiger partial charge in [-0.3, -0.25) is 9.59 Å². The quantitative estimate of drug-likeness (QED) is 0.322. The van der Waals surface area contributed by atoms with E-state index in [0.29, 0.717) is 35.4 Å². The molecule has 2 saturated heterocycles. The van der Waals surface area contributed by atoms with Crippen LogP contribution in [-0.4, -0.2) is 63.1 Å². The SMILES string of the molecule is O=C(C[C@H]1CCc2ccccc2C1)C1C(=S)CN[C@@H]1C(=O)N1CSC[C@H]1C=NO. The van der Waals surface area contributed by atoms with E-state index in [-0.39, 0.29) is 17.7 Å². The first-order valence-electron chi connectivity index (χ1n) is 10.00. The summed E-state index contributed by atoms with van der Waals surface area (Å²) in [5.74, 6) is 0.905.